The van der Waals surface area contributed by atoms with Crippen LogP contribution < -0.4 is 5.32 Å². The normalized spacial score (nSPS) is 15.7. The Kier molecular flexibility index (Phi) is 6.99. The molecule has 1 aromatic carbocycles. The molecule has 0 radical (unpaired) electrons. The summed E-state index contributed by atoms with van der Waals surface area (Å²) >= 11 is 1.87. The van der Waals surface area contributed by atoms with Gasteiger partial charge in [0.15, 0.2) is 5.82 Å². The monoisotopic (exact) mass is 441 g/mol. The molecule has 0 fully saturated rings. The van der Waals surface area contributed by atoms with Crippen LogP contribution in [0.1, 0.15) is 42.8 Å². The Balaban J connectivity index is 1.47. The molecule has 7 nitrogen and oxygen atoms in total. The van der Waals surface area contributed by atoms with E-state index in [2.05, 4.69) is 69.2 Å². The van der Waals surface area contributed by atoms with Crippen molar-refractivity contribution in [2.45, 2.75) is 45.8 Å². The lowest BCUT2D eigenvalue weighted by molar-refractivity contribution is -0.125. The summed E-state index contributed by atoms with van der Waals surface area (Å²) in [6.07, 6.45) is 1.68. The largest absolute Gasteiger partial charge is 0.375 e. The molecule has 166 valence electrons. The lowest BCUT2D eigenvalue weighted by atomic mass is 10.0. The van der Waals surface area contributed by atoms with Gasteiger partial charge in [0.25, 0.3) is 0 Å². The number of thiophene rings is 1. The minimum absolute atomic E-state index is 0.0541. The molecule has 0 bridgehead atoms. The first kappa shape index (κ1) is 21.9. The molecule has 1 N–H and O–H groups in total. The molecule has 1 aliphatic rings. The van der Waals surface area contributed by atoms with E-state index in [-0.39, 0.29) is 18.6 Å². The van der Waals surface area contributed by atoms with Crippen molar-refractivity contribution in [1.29, 1.82) is 0 Å². The smallest absolute Gasteiger partial charge is 0.246 e. The summed E-state index contributed by atoms with van der Waals surface area (Å²) in [5, 5.41) is 13.4. The van der Waals surface area contributed by atoms with Crippen molar-refractivity contribution in [2.75, 3.05) is 26.8 Å². The van der Waals surface area contributed by atoms with Gasteiger partial charge in [0.2, 0.25) is 5.91 Å². The summed E-state index contributed by atoms with van der Waals surface area (Å²) in [6, 6.07) is 10.7. The maximum Gasteiger partial charge on any atom is 0.246 e. The quantitative estimate of drug-likeness (QED) is 0.580. The van der Waals surface area contributed by atoms with Crippen molar-refractivity contribution in [3.8, 4) is 0 Å². The molecule has 1 unspecified atom stereocenters. The van der Waals surface area contributed by atoms with E-state index in [1.54, 1.807) is 0 Å². The molecule has 0 spiro atoms. The fraction of sp³-hybridized carbons (Fsp3) is 0.522. The molecule has 0 saturated carbocycles. The Bertz CT molecular complexity index is 995. The Morgan fingerprint density at radius 2 is 2.06 bits per heavy atom. The van der Waals surface area contributed by atoms with E-state index in [9.17, 15) is 4.79 Å². The topological polar surface area (TPSA) is 72.3 Å². The minimum atomic E-state index is -0.155. The fourth-order valence-electron chi connectivity index (χ4n) is 4.21. The predicted octanol–water partition coefficient (Wildman–Crippen LogP) is 3.40. The first-order valence-electron chi connectivity index (χ1n) is 10.9. The third kappa shape index (κ3) is 5.31. The molecule has 1 atom stereocenters. The summed E-state index contributed by atoms with van der Waals surface area (Å²) in [5.41, 5.74) is 0. The number of carbonyl (C=O) groups is 1. The van der Waals surface area contributed by atoms with Crippen LogP contribution in [0.2, 0.25) is 0 Å². The number of rotatable bonds is 8. The van der Waals surface area contributed by atoms with Crippen molar-refractivity contribution in [3.63, 3.8) is 0 Å². The first-order chi connectivity index (χ1) is 15.0. The van der Waals surface area contributed by atoms with Crippen molar-refractivity contribution >= 4 is 27.3 Å². The second-order valence-corrected chi connectivity index (χ2v) is 9.75. The van der Waals surface area contributed by atoms with E-state index < -0.39 is 0 Å². The number of fused-ring (bicyclic) bond motifs is 2. The number of nitrogens with zero attached hydrogens (tertiary/aromatic N) is 4. The Morgan fingerprint density at radius 1 is 1.23 bits per heavy atom. The number of carbonyl (C=O) groups excluding carboxylic acids is 1. The fourth-order valence-corrected chi connectivity index (χ4v) is 5.31. The van der Waals surface area contributed by atoms with Crippen LogP contribution in [0.3, 0.4) is 0 Å². The highest BCUT2D eigenvalue weighted by Crippen LogP contribution is 2.27. The zero-order valence-electron chi connectivity index (χ0n) is 18.5. The number of hydrogen-bond acceptors (Lipinski definition) is 6. The summed E-state index contributed by atoms with van der Waals surface area (Å²) in [5.74, 6) is 2.17. The zero-order chi connectivity index (χ0) is 21.8. The number of hydrogen-bond donors (Lipinski definition) is 1. The number of nitrogens with one attached hydrogen (secondary N) is 1. The van der Waals surface area contributed by atoms with Crippen molar-refractivity contribution < 1.29 is 9.53 Å². The molecule has 1 aliphatic heterocycles. The van der Waals surface area contributed by atoms with E-state index in [1.165, 1.54) is 22.1 Å². The molecular weight excluding hydrogens is 410 g/mol. The molecule has 1 amide bonds. The van der Waals surface area contributed by atoms with Gasteiger partial charge in [-0.2, -0.15) is 0 Å². The van der Waals surface area contributed by atoms with E-state index in [1.807, 2.05) is 11.3 Å². The Morgan fingerprint density at radius 3 is 2.84 bits per heavy atom. The number of benzene rings is 1. The van der Waals surface area contributed by atoms with Crippen molar-refractivity contribution in [3.05, 3.63) is 46.9 Å². The highest BCUT2D eigenvalue weighted by atomic mass is 32.1. The predicted molar refractivity (Wildman–Crippen MR) is 123 cm³/mol. The van der Waals surface area contributed by atoms with Gasteiger partial charge in [-0.15, -0.1) is 21.5 Å². The van der Waals surface area contributed by atoms with Crippen LogP contribution >= 0.6 is 11.3 Å². The molecule has 3 aromatic rings. The molecular formula is C23H31N5O2S. The van der Waals surface area contributed by atoms with Crippen LogP contribution in [-0.4, -0.2) is 52.4 Å². The minimum Gasteiger partial charge on any atom is -0.375 e. The molecule has 8 heteroatoms. The van der Waals surface area contributed by atoms with Gasteiger partial charge in [-0.05, 0) is 29.9 Å². The molecule has 0 saturated heterocycles. The van der Waals surface area contributed by atoms with Gasteiger partial charge in [0, 0.05) is 49.3 Å². The highest BCUT2D eigenvalue weighted by molar-refractivity contribution is 7.19. The summed E-state index contributed by atoms with van der Waals surface area (Å²) in [6.45, 7) is 8.04. The van der Waals surface area contributed by atoms with Crippen molar-refractivity contribution in [1.82, 2.24) is 25.0 Å². The second-order valence-electron chi connectivity index (χ2n) is 8.59. The van der Waals surface area contributed by atoms with E-state index in [0.29, 0.717) is 5.92 Å². The lowest BCUT2D eigenvalue weighted by Crippen LogP contribution is -2.34. The summed E-state index contributed by atoms with van der Waals surface area (Å²) in [4.78, 5) is 16.1. The second kappa shape index (κ2) is 9.89. The number of aromatic nitrogens is 3. The van der Waals surface area contributed by atoms with Gasteiger partial charge in [-0.25, -0.2) is 0 Å². The van der Waals surface area contributed by atoms with E-state index in [0.717, 1.165) is 50.7 Å². The molecule has 3 heterocycles. The van der Waals surface area contributed by atoms with Gasteiger partial charge < -0.3 is 14.6 Å². The third-order valence-electron chi connectivity index (χ3n) is 5.63. The molecule has 0 aliphatic carbocycles. The van der Waals surface area contributed by atoms with Gasteiger partial charge in [0.05, 0.1) is 6.04 Å². The SMILES string of the molecule is COCC(=O)NC(CC(C)C)c1nnc2n1CCN(Cc1cc3ccccc3s1)CC2. The maximum absolute atomic E-state index is 12.2. The van der Waals surface area contributed by atoms with Crippen molar-refractivity contribution in [2.24, 2.45) is 5.92 Å². The van der Waals surface area contributed by atoms with Crippen LogP contribution in [-0.2, 0) is 29.0 Å². The average molecular weight is 442 g/mol. The Labute approximate surface area is 187 Å². The number of methoxy groups -OCH3 is 1. The van der Waals surface area contributed by atoms with Crippen LogP contribution in [0, 0.1) is 5.92 Å². The average Bonchev–Trinajstić information content (AvgIpc) is 3.27. The first-order valence-corrected chi connectivity index (χ1v) is 11.7. The summed E-state index contributed by atoms with van der Waals surface area (Å²) < 4.78 is 8.55. The summed E-state index contributed by atoms with van der Waals surface area (Å²) in [7, 11) is 1.53. The van der Waals surface area contributed by atoms with Crippen LogP contribution in [0.4, 0.5) is 0 Å². The van der Waals surface area contributed by atoms with E-state index in [4.69, 9.17) is 4.74 Å². The third-order valence-corrected chi connectivity index (χ3v) is 6.73. The van der Waals surface area contributed by atoms with Crippen LogP contribution in [0.25, 0.3) is 10.1 Å². The van der Waals surface area contributed by atoms with Gasteiger partial charge in [-0.1, -0.05) is 32.0 Å². The van der Waals surface area contributed by atoms with E-state index >= 15 is 0 Å². The lowest BCUT2D eigenvalue weighted by Gasteiger charge is -2.22. The standard InChI is InChI=1S/C23H31N5O2S/c1-16(2)12-19(24-22(29)15-30-3)23-26-25-21-8-9-27(10-11-28(21)23)14-18-13-17-6-4-5-7-20(17)31-18/h4-7,13,16,19H,8-12,14-15H2,1-3H3,(H,24,29). The highest BCUT2D eigenvalue weighted by Gasteiger charge is 2.26. The van der Waals surface area contributed by atoms with Crippen LogP contribution in [0.5, 0.6) is 0 Å². The molecule has 4 rings (SSSR count). The number of amides is 1. The zero-order valence-corrected chi connectivity index (χ0v) is 19.3. The van der Waals surface area contributed by atoms with Gasteiger partial charge in [-0.3, -0.25) is 9.69 Å². The van der Waals surface area contributed by atoms with Crippen LogP contribution in [0.15, 0.2) is 30.3 Å². The van der Waals surface area contributed by atoms with Gasteiger partial charge in [0.1, 0.15) is 12.4 Å². The number of ether oxygens (including phenoxy) is 1. The Hall–Kier alpha value is -2.29. The molecule has 2 aromatic heterocycles. The van der Waals surface area contributed by atoms with Gasteiger partial charge >= 0.3 is 0 Å². The maximum atomic E-state index is 12.2. The molecule has 31 heavy (non-hydrogen) atoms.